The van der Waals surface area contributed by atoms with Crippen LogP contribution in [0.5, 0.6) is 0 Å². The zero-order chi connectivity index (χ0) is 14.2. The van der Waals surface area contributed by atoms with Crippen molar-refractivity contribution < 1.29 is 13.2 Å². The predicted molar refractivity (Wildman–Crippen MR) is 69.8 cm³/mol. The van der Waals surface area contributed by atoms with Gasteiger partial charge in [0, 0.05) is 36.8 Å². The van der Waals surface area contributed by atoms with Crippen LogP contribution >= 0.6 is 0 Å². The molecule has 2 rings (SSSR count). The summed E-state index contributed by atoms with van der Waals surface area (Å²) in [6.07, 6.45) is 0.807. The number of piperazine rings is 1. The van der Waals surface area contributed by atoms with Crippen LogP contribution in [0.2, 0.25) is 0 Å². The zero-order valence-corrected chi connectivity index (χ0v) is 11.4. The van der Waals surface area contributed by atoms with E-state index in [2.05, 4.69) is 5.32 Å². The van der Waals surface area contributed by atoms with Crippen molar-refractivity contribution in [3.8, 4) is 0 Å². The highest BCUT2D eigenvalue weighted by molar-refractivity contribution is 5.50. The van der Waals surface area contributed by atoms with Gasteiger partial charge in [-0.2, -0.15) is 0 Å². The molecule has 0 radical (unpaired) electrons. The SMILES string of the molecule is CCC1CNC(C)(C)CN1c1cc(F)c(F)cc1F. The van der Waals surface area contributed by atoms with Gasteiger partial charge in [0.1, 0.15) is 5.82 Å². The Kier molecular flexibility index (Phi) is 3.76. The molecule has 0 spiro atoms. The third-order valence-electron chi connectivity index (χ3n) is 3.59. The molecule has 1 unspecified atom stereocenters. The normalized spacial score (nSPS) is 22.6. The van der Waals surface area contributed by atoms with Gasteiger partial charge in [0.2, 0.25) is 0 Å². The summed E-state index contributed by atoms with van der Waals surface area (Å²) in [6, 6.07) is 1.65. The molecular weight excluding hydrogens is 253 g/mol. The number of anilines is 1. The molecule has 0 aromatic heterocycles. The van der Waals surface area contributed by atoms with E-state index in [1.165, 1.54) is 0 Å². The molecule has 1 aliphatic heterocycles. The Morgan fingerprint density at radius 3 is 2.47 bits per heavy atom. The third kappa shape index (κ3) is 2.86. The van der Waals surface area contributed by atoms with Gasteiger partial charge < -0.3 is 10.2 Å². The molecule has 1 aromatic carbocycles. The van der Waals surface area contributed by atoms with E-state index in [1.54, 1.807) is 0 Å². The summed E-state index contributed by atoms with van der Waals surface area (Å²) in [5, 5.41) is 3.37. The zero-order valence-electron chi connectivity index (χ0n) is 11.4. The maximum Gasteiger partial charge on any atom is 0.161 e. The van der Waals surface area contributed by atoms with Crippen molar-refractivity contribution in [2.24, 2.45) is 0 Å². The number of hydrogen-bond donors (Lipinski definition) is 1. The van der Waals surface area contributed by atoms with Gasteiger partial charge in [-0.15, -0.1) is 0 Å². The van der Waals surface area contributed by atoms with Crippen LogP contribution in [-0.2, 0) is 0 Å². The fourth-order valence-electron chi connectivity index (χ4n) is 2.49. The van der Waals surface area contributed by atoms with E-state index < -0.39 is 17.5 Å². The molecule has 106 valence electrons. The predicted octanol–water partition coefficient (Wildman–Crippen LogP) is 3.07. The highest BCUT2D eigenvalue weighted by Gasteiger charge is 2.33. The molecule has 1 aliphatic rings. The Morgan fingerprint density at radius 2 is 1.84 bits per heavy atom. The Hall–Kier alpha value is -1.23. The Balaban J connectivity index is 2.39. The van der Waals surface area contributed by atoms with E-state index >= 15 is 0 Å². The average molecular weight is 272 g/mol. The first-order valence-electron chi connectivity index (χ1n) is 6.50. The van der Waals surface area contributed by atoms with Gasteiger partial charge in [0.25, 0.3) is 0 Å². The lowest BCUT2D eigenvalue weighted by Gasteiger charge is -2.45. The number of nitrogens with one attached hydrogen (secondary N) is 1. The molecule has 2 nitrogen and oxygen atoms in total. The molecule has 1 saturated heterocycles. The lowest BCUT2D eigenvalue weighted by Crippen LogP contribution is -2.61. The summed E-state index contributed by atoms with van der Waals surface area (Å²) >= 11 is 0. The highest BCUT2D eigenvalue weighted by Crippen LogP contribution is 2.29. The molecule has 1 atom stereocenters. The molecule has 0 aliphatic carbocycles. The standard InChI is InChI=1S/C14H19F3N2/c1-4-9-7-18-14(2,3)8-19(9)13-6-11(16)10(15)5-12(13)17/h5-6,9,18H,4,7-8H2,1-3H3. The Morgan fingerprint density at radius 1 is 1.21 bits per heavy atom. The van der Waals surface area contributed by atoms with Crippen LogP contribution in [-0.4, -0.2) is 24.7 Å². The molecule has 5 heteroatoms. The van der Waals surface area contributed by atoms with Crippen LogP contribution in [0.3, 0.4) is 0 Å². The van der Waals surface area contributed by atoms with E-state index in [1.807, 2.05) is 25.7 Å². The minimum atomic E-state index is -1.15. The molecule has 1 N–H and O–H groups in total. The maximum absolute atomic E-state index is 13.9. The molecule has 19 heavy (non-hydrogen) atoms. The van der Waals surface area contributed by atoms with Crippen molar-refractivity contribution in [2.45, 2.75) is 38.8 Å². The molecule has 1 heterocycles. The van der Waals surface area contributed by atoms with E-state index in [4.69, 9.17) is 0 Å². The van der Waals surface area contributed by atoms with Gasteiger partial charge in [-0.25, -0.2) is 13.2 Å². The van der Waals surface area contributed by atoms with E-state index in [-0.39, 0.29) is 17.3 Å². The molecule has 0 amide bonds. The second-order valence-corrected chi connectivity index (χ2v) is 5.67. The van der Waals surface area contributed by atoms with Crippen molar-refractivity contribution in [3.05, 3.63) is 29.6 Å². The van der Waals surface area contributed by atoms with Crippen LogP contribution in [0.1, 0.15) is 27.2 Å². The topological polar surface area (TPSA) is 15.3 Å². The number of nitrogens with zero attached hydrogens (tertiary/aromatic N) is 1. The first-order valence-corrected chi connectivity index (χ1v) is 6.50. The second-order valence-electron chi connectivity index (χ2n) is 5.67. The Labute approximate surface area is 111 Å². The van der Waals surface area contributed by atoms with E-state index in [0.29, 0.717) is 19.2 Å². The minimum Gasteiger partial charge on any atom is -0.363 e. The van der Waals surface area contributed by atoms with Crippen molar-refractivity contribution >= 4 is 5.69 Å². The van der Waals surface area contributed by atoms with Gasteiger partial charge in [-0.1, -0.05) is 6.92 Å². The number of hydrogen-bond acceptors (Lipinski definition) is 2. The van der Waals surface area contributed by atoms with Crippen molar-refractivity contribution in [2.75, 3.05) is 18.0 Å². The molecular formula is C14H19F3N2. The van der Waals surface area contributed by atoms with Crippen LogP contribution in [0.4, 0.5) is 18.9 Å². The second kappa shape index (κ2) is 5.04. The van der Waals surface area contributed by atoms with Crippen molar-refractivity contribution in [3.63, 3.8) is 0 Å². The lowest BCUT2D eigenvalue weighted by atomic mass is 9.96. The largest absolute Gasteiger partial charge is 0.363 e. The monoisotopic (exact) mass is 272 g/mol. The van der Waals surface area contributed by atoms with Crippen molar-refractivity contribution in [1.82, 2.24) is 5.32 Å². The van der Waals surface area contributed by atoms with Gasteiger partial charge in [-0.3, -0.25) is 0 Å². The van der Waals surface area contributed by atoms with E-state index in [0.717, 1.165) is 12.5 Å². The summed E-state index contributed by atoms with van der Waals surface area (Å²) in [5.41, 5.74) is -0.0523. The smallest absolute Gasteiger partial charge is 0.161 e. The molecule has 0 saturated carbocycles. The first-order chi connectivity index (χ1) is 8.84. The fraction of sp³-hybridized carbons (Fsp3) is 0.571. The van der Waals surface area contributed by atoms with E-state index in [9.17, 15) is 13.2 Å². The van der Waals surface area contributed by atoms with Crippen LogP contribution in [0.15, 0.2) is 12.1 Å². The lowest BCUT2D eigenvalue weighted by molar-refractivity contribution is 0.304. The summed E-state index contributed by atoms with van der Waals surface area (Å²) < 4.78 is 40.3. The first kappa shape index (κ1) is 14.2. The van der Waals surface area contributed by atoms with Gasteiger partial charge >= 0.3 is 0 Å². The van der Waals surface area contributed by atoms with Gasteiger partial charge in [0.15, 0.2) is 11.6 Å². The third-order valence-corrected chi connectivity index (χ3v) is 3.59. The van der Waals surface area contributed by atoms with Crippen LogP contribution < -0.4 is 10.2 Å². The fourth-order valence-corrected chi connectivity index (χ4v) is 2.49. The molecule has 1 aromatic rings. The Bertz CT molecular complexity index is 474. The average Bonchev–Trinajstić information content (AvgIpc) is 2.33. The molecule has 1 fully saturated rings. The number of rotatable bonds is 2. The van der Waals surface area contributed by atoms with Crippen LogP contribution in [0.25, 0.3) is 0 Å². The summed E-state index contributed by atoms with van der Waals surface area (Å²) in [7, 11) is 0. The highest BCUT2D eigenvalue weighted by atomic mass is 19.2. The van der Waals surface area contributed by atoms with Crippen molar-refractivity contribution in [1.29, 1.82) is 0 Å². The van der Waals surface area contributed by atoms with Gasteiger partial charge in [-0.05, 0) is 20.3 Å². The summed E-state index contributed by atoms with van der Waals surface area (Å²) in [5.74, 6) is -2.87. The molecule has 0 bridgehead atoms. The van der Waals surface area contributed by atoms with Gasteiger partial charge in [0.05, 0.1) is 5.69 Å². The number of halogens is 3. The summed E-state index contributed by atoms with van der Waals surface area (Å²) in [6.45, 7) is 7.25. The number of benzene rings is 1. The quantitative estimate of drug-likeness (QED) is 0.832. The summed E-state index contributed by atoms with van der Waals surface area (Å²) in [4.78, 5) is 1.83. The minimum absolute atomic E-state index is 0.0763. The maximum atomic E-state index is 13.9. The van der Waals surface area contributed by atoms with Crippen LogP contribution in [0, 0.1) is 17.5 Å².